The quantitative estimate of drug-likeness (QED) is 0.604. The van der Waals surface area contributed by atoms with Crippen LogP contribution in [0.25, 0.3) is 10.9 Å². The molecule has 0 aliphatic carbocycles. The van der Waals surface area contributed by atoms with E-state index in [1.165, 1.54) is 22.9 Å². The number of rotatable bonds is 7. The highest BCUT2D eigenvalue weighted by Crippen LogP contribution is 2.25. The van der Waals surface area contributed by atoms with Gasteiger partial charge in [0.1, 0.15) is 5.75 Å². The molecule has 5 nitrogen and oxygen atoms in total. The lowest BCUT2D eigenvalue weighted by Gasteiger charge is -2.32. The molecule has 0 saturated carbocycles. The topological polar surface area (TPSA) is 57.4 Å². The monoisotopic (exact) mass is 405 g/mol. The van der Waals surface area contributed by atoms with Crippen molar-refractivity contribution in [3.05, 3.63) is 65.9 Å². The van der Waals surface area contributed by atoms with Crippen molar-refractivity contribution < 1.29 is 9.53 Å². The van der Waals surface area contributed by atoms with Gasteiger partial charge in [0.15, 0.2) is 0 Å². The van der Waals surface area contributed by atoms with Gasteiger partial charge < -0.3 is 15.0 Å². The summed E-state index contributed by atoms with van der Waals surface area (Å²) in [6.45, 7) is 7.64. The first-order chi connectivity index (χ1) is 14.6. The van der Waals surface area contributed by atoms with E-state index in [1.54, 1.807) is 0 Å². The van der Waals surface area contributed by atoms with Gasteiger partial charge in [0.2, 0.25) is 0 Å². The van der Waals surface area contributed by atoms with Gasteiger partial charge >= 0.3 is 0 Å². The summed E-state index contributed by atoms with van der Waals surface area (Å²) in [4.78, 5) is 18.4. The van der Waals surface area contributed by atoms with E-state index >= 15 is 0 Å². The molecule has 1 aromatic heterocycles. The van der Waals surface area contributed by atoms with Crippen LogP contribution in [0.15, 0.2) is 54.7 Å². The van der Waals surface area contributed by atoms with Crippen molar-refractivity contribution in [2.24, 2.45) is 5.92 Å². The largest absolute Gasteiger partial charge is 0.492 e. The molecule has 1 fully saturated rings. The maximum Gasteiger partial charge on any atom is 0.255 e. The van der Waals surface area contributed by atoms with Crippen LogP contribution in [-0.2, 0) is 6.54 Å². The molecular formula is C25H31N3O2. The second-order valence-corrected chi connectivity index (χ2v) is 8.54. The second kappa shape index (κ2) is 9.35. The van der Waals surface area contributed by atoms with E-state index < -0.39 is 0 Å². The first-order valence-electron chi connectivity index (χ1n) is 10.9. The summed E-state index contributed by atoms with van der Waals surface area (Å²) >= 11 is 0. The van der Waals surface area contributed by atoms with Gasteiger partial charge in [-0.25, -0.2) is 0 Å². The number of nitrogens with one attached hydrogen (secondary N) is 2. The Labute approximate surface area is 178 Å². The predicted octanol–water partition coefficient (Wildman–Crippen LogP) is 4.60. The van der Waals surface area contributed by atoms with Crippen LogP contribution in [0.4, 0.5) is 0 Å². The van der Waals surface area contributed by atoms with E-state index in [2.05, 4.69) is 45.7 Å². The van der Waals surface area contributed by atoms with Gasteiger partial charge in [-0.05, 0) is 57.0 Å². The lowest BCUT2D eigenvalue weighted by atomic mass is 9.98. The average Bonchev–Trinajstić information content (AvgIpc) is 3.15. The normalized spacial score (nSPS) is 17.4. The molecule has 30 heavy (non-hydrogen) atoms. The van der Waals surface area contributed by atoms with Crippen LogP contribution in [0, 0.1) is 5.92 Å². The zero-order valence-corrected chi connectivity index (χ0v) is 17.9. The highest BCUT2D eigenvalue weighted by atomic mass is 16.5. The molecule has 2 heterocycles. The number of ether oxygens (including phenoxy) is 1. The zero-order valence-electron chi connectivity index (χ0n) is 17.9. The van der Waals surface area contributed by atoms with Crippen LogP contribution >= 0.6 is 0 Å². The number of carbonyl (C=O) groups excluding carboxylic acids is 1. The number of fused-ring (bicyclic) bond motifs is 1. The summed E-state index contributed by atoms with van der Waals surface area (Å²) in [5, 5.41) is 4.26. The van der Waals surface area contributed by atoms with Gasteiger partial charge in [-0.2, -0.15) is 0 Å². The number of likely N-dealkylation sites (tertiary alicyclic amines) is 1. The van der Waals surface area contributed by atoms with Crippen molar-refractivity contribution in [3.8, 4) is 5.75 Å². The van der Waals surface area contributed by atoms with Gasteiger partial charge in [-0.3, -0.25) is 9.69 Å². The van der Waals surface area contributed by atoms with E-state index in [0.717, 1.165) is 26.1 Å². The fraction of sp³-hybridized carbons (Fsp3) is 0.400. The average molecular weight is 406 g/mol. The Kier molecular flexibility index (Phi) is 6.38. The van der Waals surface area contributed by atoms with Crippen LogP contribution in [0.2, 0.25) is 0 Å². The Balaban J connectivity index is 1.36. The Morgan fingerprint density at radius 3 is 2.87 bits per heavy atom. The number of H-pyrrole nitrogens is 1. The van der Waals surface area contributed by atoms with E-state index in [0.29, 0.717) is 23.8 Å². The van der Waals surface area contributed by atoms with Crippen LogP contribution in [0.1, 0.15) is 42.6 Å². The fourth-order valence-electron chi connectivity index (χ4n) is 4.26. The number of nitrogens with zero attached hydrogens (tertiary/aromatic N) is 1. The first-order valence-corrected chi connectivity index (χ1v) is 10.9. The molecule has 1 amide bonds. The molecule has 1 aliphatic rings. The number of aromatic nitrogens is 1. The van der Waals surface area contributed by atoms with Crippen LogP contribution < -0.4 is 10.1 Å². The van der Waals surface area contributed by atoms with Crippen molar-refractivity contribution in [1.82, 2.24) is 15.2 Å². The van der Waals surface area contributed by atoms with Crippen LogP contribution in [0.5, 0.6) is 5.75 Å². The number of hydrogen-bond acceptors (Lipinski definition) is 3. The molecule has 0 spiro atoms. The molecule has 3 aromatic rings. The third-order valence-corrected chi connectivity index (χ3v) is 5.70. The molecule has 4 rings (SSSR count). The smallest absolute Gasteiger partial charge is 0.255 e. The highest BCUT2D eigenvalue weighted by Gasteiger charge is 2.22. The summed E-state index contributed by atoms with van der Waals surface area (Å²) in [5.41, 5.74) is 3.15. The molecule has 0 radical (unpaired) electrons. The number of amides is 1. The number of benzene rings is 2. The Morgan fingerprint density at radius 1 is 1.20 bits per heavy atom. The maximum absolute atomic E-state index is 12.5. The lowest BCUT2D eigenvalue weighted by molar-refractivity contribution is 0.0933. The van der Waals surface area contributed by atoms with E-state index in [9.17, 15) is 4.79 Å². The Bertz CT molecular complexity index is 995. The van der Waals surface area contributed by atoms with Gasteiger partial charge in [0.25, 0.3) is 5.91 Å². The summed E-state index contributed by atoms with van der Waals surface area (Å²) < 4.78 is 6.14. The molecule has 1 aliphatic heterocycles. The molecule has 5 heteroatoms. The summed E-state index contributed by atoms with van der Waals surface area (Å²) in [5.74, 6) is 1.06. The number of piperidine rings is 1. The number of carbonyl (C=O) groups is 1. The summed E-state index contributed by atoms with van der Waals surface area (Å²) in [6.07, 6.45) is 4.46. The number of para-hydroxylation sites is 2. The molecule has 1 unspecified atom stereocenters. The van der Waals surface area contributed by atoms with Gasteiger partial charge in [-0.1, -0.05) is 30.3 Å². The molecule has 0 bridgehead atoms. The van der Waals surface area contributed by atoms with E-state index in [-0.39, 0.29) is 11.9 Å². The van der Waals surface area contributed by atoms with Crippen molar-refractivity contribution in [1.29, 1.82) is 0 Å². The second-order valence-electron chi connectivity index (χ2n) is 8.54. The minimum atomic E-state index is -0.0785. The van der Waals surface area contributed by atoms with Gasteiger partial charge in [0, 0.05) is 42.1 Å². The van der Waals surface area contributed by atoms with Crippen LogP contribution in [-0.4, -0.2) is 41.5 Å². The van der Waals surface area contributed by atoms with Crippen molar-refractivity contribution in [2.75, 3.05) is 19.7 Å². The number of hydrogen-bond donors (Lipinski definition) is 2. The molecular weight excluding hydrogens is 374 g/mol. The molecule has 158 valence electrons. The third-order valence-electron chi connectivity index (χ3n) is 5.70. The van der Waals surface area contributed by atoms with Crippen molar-refractivity contribution in [3.63, 3.8) is 0 Å². The first kappa shape index (κ1) is 20.5. The summed E-state index contributed by atoms with van der Waals surface area (Å²) in [7, 11) is 0. The predicted molar refractivity (Wildman–Crippen MR) is 121 cm³/mol. The summed E-state index contributed by atoms with van der Waals surface area (Å²) in [6, 6.07) is 16.1. The minimum Gasteiger partial charge on any atom is -0.492 e. The van der Waals surface area contributed by atoms with Gasteiger partial charge in [-0.15, -0.1) is 0 Å². The van der Waals surface area contributed by atoms with Crippen LogP contribution in [0.3, 0.4) is 0 Å². The molecule has 2 aromatic carbocycles. The SMILES string of the molecule is CC(C)NC(=O)c1ccccc1OCC1CCCN(Cc2c[nH]c3ccccc23)C1. The Hall–Kier alpha value is -2.79. The minimum absolute atomic E-state index is 0.0785. The molecule has 1 saturated heterocycles. The third kappa shape index (κ3) is 4.85. The maximum atomic E-state index is 12.5. The van der Waals surface area contributed by atoms with Gasteiger partial charge in [0.05, 0.1) is 12.2 Å². The molecule has 2 N–H and O–H groups in total. The number of aromatic amines is 1. The van der Waals surface area contributed by atoms with E-state index in [4.69, 9.17) is 4.74 Å². The van der Waals surface area contributed by atoms with Crippen molar-refractivity contribution in [2.45, 2.75) is 39.3 Å². The van der Waals surface area contributed by atoms with E-state index in [1.807, 2.05) is 38.1 Å². The highest BCUT2D eigenvalue weighted by molar-refractivity contribution is 5.97. The standard InChI is InChI=1S/C25H31N3O2/c1-18(2)27-25(29)22-10-4-6-12-24(22)30-17-19-8-7-13-28(15-19)16-20-14-26-23-11-5-3-9-21(20)23/h3-6,9-12,14,18-19,26H,7-8,13,15-17H2,1-2H3,(H,27,29). The van der Waals surface area contributed by atoms with Crippen molar-refractivity contribution >= 4 is 16.8 Å². The fourth-order valence-corrected chi connectivity index (χ4v) is 4.26. The lowest BCUT2D eigenvalue weighted by Crippen LogP contribution is -2.37. The Morgan fingerprint density at radius 2 is 2.00 bits per heavy atom. The molecule has 1 atom stereocenters. The zero-order chi connectivity index (χ0) is 20.9.